The van der Waals surface area contributed by atoms with Gasteiger partial charge in [-0.15, -0.1) is 11.3 Å². The Morgan fingerprint density at radius 2 is 2.41 bits per heavy atom. The van der Waals surface area contributed by atoms with Gasteiger partial charge in [-0.2, -0.15) is 0 Å². The predicted octanol–water partition coefficient (Wildman–Crippen LogP) is 3.02. The maximum Gasteiger partial charge on any atom is 0.0910 e. The van der Waals surface area contributed by atoms with E-state index in [1.807, 2.05) is 17.5 Å². The van der Waals surface area contributed by atoms with Crippen LogP contribution in [0.5, 0.6) is 0 Å². The van der Waals surface area contributed by atoms with E-state index in [9.17, 15) is 4.21 Å². The summed E-state index contributed by atoms with van der Waals surface area (Å²) < 4.78 is 13.1. The van der Waals surface area contributed by atoms with Gasteiger partial charge >= 0.3 is 0 Å². The zero-order chi connectivity index (χ0) is 12.1. The zero-order valence-corrected chi connectivity index (χ0v) is 12.0. The second kappa shape index (κ2) is 6.66. The minimum Gasteiger partial charge on any atom is -0.314 e. The third-order valence-electron chi connectivity index (χ3n) is 3.52. The smallest absolute Gasteiger partial charge is 0.0910 e. The largest absolute Gasteiger partial charge is 0.314 e. The summed E-state index contributed by atoms with van der Waals surface area (Å²) in [5.41, 5.74) is 0. The zero-order valence-electron chi connectivity index (χ0n) is 10.4. The molecule has 1 saturated carbocycles. The fraction of sp³-hybridized carbons (Fsp3) is 0.692. The van der Waals surface area contributed by atoms with Crippen molar-refractivity contribution in [2.75, 3.05) is 12.3 Å². The lowest BCUT2D eigenvalue weighted by Crippen LogP contribution is -2.32. The highest BCUT2D eigenvalue weighted by atomic mass is 32.2. The summed E-state index contributed by atoms with van der Waals surface area (Å²) in [5.74, 6) is 1.56. The molecule has 1 N–H and O–H groups in total. The fourth-order valence-corrected chi connectivity index (χ4v) is 4.91. The van der Waals surface area contributed by atoms with Gasteiger partial charge in [0.05, 0.1) is 15.0 Å². The monoisotopic (exact) mass is 271 g/mol. The third kappa shape index (κ3) is 3.63. The first-order chi connectivity index (χ1) is 8.31. The standard InChI is InChI=1S/C13H21NOS2/c1-2-14-12-6-3-5-11(12)8-10-17(15)13-7-4-9-16-13/h4,7,9,11-12,14H,2-3,5-6,8,10H2,1H3. The molecule has 1 heterocycles. The molecule has 3 unspecified atom stereocenters. The summed E-state index contributed by atoms with van der Waals surface area (Å²) in [4.78, 5) is 0. The van der Waals surface area contributed by atoms with Crippen LogP contribution < -0.4 is 5.32 Å². The molecule has 2 nitrogen and oxygen atoms in total. The van der Waals surface area contributed by atoms with Crippen molar-refractivity contribution in [1.82, 2.24) is 5.32 Å². The first-order valence-corrected chi connectivity index (χ1v) is 8.66. The van der Waals surface area contributed by atoms with Crippen LogP contribution in [0, 0.1) is 5.92 Å². The van der Waals surface area contributed by atoms with E-state index >= 15 is 0 Å². The van der Waals surface area contributed by atoms with Crippen LogP contribution in [-0.2, 0) is 10.8 Å². The lowest BCUT2D eigenvalue weighted by Gasteiger charge is -2.19. The summed E-state index contributed by atoms with van der Waals surface area (Å²) in [6.07, 6.45) is 5.03. The Labute approximate surface area is 110 Å². The highest BCUT2D eigenvalue weighted by Gasteiger charge is 2.26. The average molecular weight is 271 g/mol. The molecular formula is C13H21NOS2. The fourth-order valence-electron chi connectivity index (χ4n) is 2.67. The molecule has 0 aromatic carbocycles. The van der Waals surface area contributed by atoms with Crippen molar-refractivity contribution in [3.05, 3.63) is 17.5 Å². The molecule has 1 aromatic heterocycles. The second-order valence-electron chi connectivity index (χ2n) is 4.63. The summed E-state index contributed by atoms with van der Waals surface area (Å²) in [5, 5.41) is 5.56. The van der Waals surface area contributed by atoms with Crippen LogP contribution in [0.2, 0.25) is 0 Å². The van der Waals surface area contributed by atoms with Crippen molar-refractivity contribution < 1.29 is 4.21 Å². The lowest BCUT2D eigenvalue weighted by molar-refractivity contribution is 0.399. The summed E-state index contributed by atoms with van der Waals surface area (Å²) in [6.45, 7) is 3.22. The van der Waals surface area contributed by atoms with Gasteiger partial charge in [0.2, 0.25) is 0 Å². The maximum atomic E-state index is 12.0. The summed E-state index contributed by atoms with van der Waals surface area (Å²) in [7, 11) is -0.776. The Bertz CT molecular complexity index is 350. The predicted molar refractivity (Wildman–Crippen MR) is 75.0 cm³/mol. The number of thiophene rings is 1. The Hall–Kier alpha value is -0.190. The molecule has 4 heteroatoms. The number of hydrogen-bond acceptors (Lipinski definition) is 3. The number of hydrogen-bond donors (Lipinski definition) is 1. The SMILES string of the molecule is CCNC1CCCC1CCS(=O)c1cccs1. The molecule has 96 valence electrons. The van der Waals surface area contributed by atoms with E-state index in [2.05, 4.69) is 12.2 Å². The van der Waals surface area contributed by atoms with Gasteiger partial charge in [-0.25, -0.2) is 0 Å². The van der Waals surface area contributed by atoms with E-state index in [4.69, 9.17) is 0 Å². The van der Waals surface area contributed by atoms with Crippen LogP contribution in [0.25, 0.3) is 0 Å². The molecule has 0 saturated heterocycles. The van der Waals surface area contributed by atoms with Gasteiger partial charge in [0.1, 0.15) is 0 Å². The molecular weight excluding hydrogens is 250 g/mol. The van der Waals surface area contributed by atoms with Crippen LogP contribution in [0.3, 0.4) is 0 Å². The topological polar surface area (TPSA) is 29.1 Å². The molecule has 1 aliphatic carbocycles. The van der Waals surface area contributed by atoms with E-state index in [0.717, 1.165) is 28.8 Å². The minimum atomic E-state index is -0.776. The van der Waals surface area contributed by atoms with Crippen molar-refractivity contribution in [1.29, 1.82) is 0 Å². The molecule has 0 amide bonds. The molecule has 3 atom stereocenters. The summed E-state index contributed by atoms with van der Waals surface area (Å²) >= 11 is 1.61. The van der Waals surface area contributed by atoms with Gasteiger partial charge in [-0.05, 0) is 43.2 Å². The Balaban J connectivity index is 1.79. The Morgan fingerprint density at radius 3 is 3.12 bits per heavy atom. The van der Waals surface area contributed by atoms with Gasteiger partial charge < -0.3 is 5.32 Å². The molecule has 17 heavy (non-hydrogen) atoms. The van der Waals surface area contributed by atoms with E-state index in [-0.39, 0.29) is 0 Å². The van der Waals surface area contributed by atoms with Crippen LogP contribution >= 0.6 is 11.3 Å². The third-order valence-corrected chi connectivity index (χ3v) is 6.22. The minimum absolute atomic E-state index is 0.667. The highest BCUT2D eigenvalue weighted by Crippen LogP contribution is 2.29. The van der Waals surface area contributed by atoms with Crippen LogP contribution in [0.4, 0.5) is 0 Å². The van der Waals surface area contributed by atoms with E-state index in [1.165, 1.54) is 19.3 Å². The molecule has 0 radical (unpaired) electrons. The van der Waals surface area contributed by atoms with Crippen molar-refractivity contribution in [2.24, 2.45) is 5.92 Å². The molecule has 1 aliphatic rings. The Morgan fingerprint density at radius 1 is 1.53 bits per heavy atom. The molecule has 2 rings (SSSR count). The van der Waals surface area contributed by atoms with Crippen molar-refractivity contribution >= 4 is 22.1 Å². The quantitative estimate of drug-likeness (QED) is 0.861. The van der Waals surface area contributed by atoms with Gasteiger partial charge in [-0.1, -0.05) is 19.4 Å². The lowest BCUT2D eigenvalue weighted by atomic mass is 10.0. The number of nitrogens with one attached hydrogen (secondary N) is 1. The highest BCUT2D eigenvalue weighted by molar-refractivity contribution is 7.87. The van der Waals surface area contributed by atoms with Gasteiger partial charge in [-0.3, -0.25) is 4.21 Å². The normalized spacial score (nSPS) is 26.2. The van der Waals surface area contributed by atoms with Crippen LogP contribution in [0.1, 0.15) is 32.6 Å². The van der Waals surface area contributed by atoms with Crippen molar-refractivity contribution in [3.63, 3.8) is 0 Å². The van der Waals surface area contributed by atoms with E-state index < -0.39 is 10.8 Å². The average Bonchev–Trinajstić information content (AvgIpc) is 2.97. The second-order valence-corrected chi connectivity index (χ2v) is 7.37. The van der Waals surface area contributed by atoms with Crippen molar-refractivity contribution in [3.8, 4) is 0 Å². The van der Waals surface area contributed by atoms with E-state index in [1.54, 1.807) is 11.3 Å². The molecule has 0 aliphatic heterocycles. The van der Waals surface area contributed by atoms with Crippen LogP contribution in [-0.4, -0.2) is 22.5 Å². The number of rotatable bonds is 6. The van der Waals surface area contributed by atoms with Gasteiger partial charge in [0.15, 0.2) is 0 Å². The van der Waals surface area contributed by atoms with Gasteiger partial charge in [0.25, 0.3) is 0 Å². The van der Waals surface area contributed by atoms with Crippen molar-refractivity contribution in [2.45, 2.75) is 42.9 Å². The van der Waals surface area contributed by atoms with E-state index in [0.29, 0.717) is 6.04 Å². The Kier molecular flexibility index (Phi) is 5.19. The van der Waals surface area contributed by atoms with Gasteiger partial charge in [0, 0.05) is 11.8 Å². The molecule has 1 aromatic rings. The van der Waals surface area contributed by atoms with Crippen LogP contribution in [0.15, 0.2) is 21.7 Å². The molecule has 0 bridgehead atoms. The maximum absolute atomic E-state index is 12.0. The first-order valence-electron chi connectivity index (χ1n) is 6.46. The molecule has 0 spiro atoms. The first kappa shape index (κ1) is 13.2. The molecule has 1 fully saturated rings. The summed E-state index contributed by atoms with van der Waals surface area (Å²) in [6, 6.07) is 4.63.